The van der Waals surface area contributed by atoms with E-state index in [9.17, 15) is 14.4 Å². The van der Waals surface area contributed by atoms with E-state index in [1.54, 1.807) is 0 Å². The average Bonchev–Trinajstić information content (AvgIpc) is 3.20. The molecule has 0 heterocycles. The third-order valence-electron chi connectivity index (χ3n) is 12.3. The summed E-state index contributed by atoms with van der Waals surface area (Å²) in [5.41, 5.74) is 0. The van der Waals surface area contributed by atoms with E-state index in [1.807, 2.05) is 0 Å². The second-order valence-corrected chi connectivity index (χ2v) is 19.4. The van der Waals surface area contributed by atoms with Gasteiger partial charge in [-0.25, -0.2) is 0 Å². The quantitative estimate of drug-likeness (QED) is 0.0345. The van der Waals surface area contributed by atoms with Gasteiger partial charge in [0.05, 0.1) is 0 Å². The van der Waals surface area contributed by atoms with Crippen molar-refractivity contribution in [2.45, 2.75) is 292 Å². The lowest BCUT2D eigenvalue weighted by molar-refractivity contribution is -0.167. The smallest absolute Gasteiger partial charge is 0.306 e. The maximum absolute atomic E-state index is 12.7. The van der Waals surface area contributed by atoms with Crippen molar-refractivity contribution in [2.24, 2.45) is 17.8 Å². The Labute approximate surface area is 368 Å². The van der Waals surface area contributed by atoms with Crippen LogP contribution in [0.1, 0.15) is 286 Å². The fraction of sp³-hybridized carbons (Fsp3) is 0.943. The molecule has 0 rings (SSSR count). The van der Waals surface area contributed by atoms with Crippen molar-refractivity contribution in [3.8, 4) is 0 Å². The number of carbonyl (C=O) groups excluding carboxylic acids is 3. The van der Waals surface area contributed by atoms with E-state index in [4.69, 9.17) is 14.2 Å². The zero-order chi connectivity index (χ0) is 43.4. The first kappa shape index (κ1) is 57.4. The molecule has 1 unspecified atom stereocenters. The van der Waals surface area contributed by atoms with Gasteiger partial charge in [0.25, 0.3) is 0 Å². The maximum Gasteiger partial charge on any atom is 0.306 e. The Hall–Kier alpha value is -1.59. The van der Waals surface area contributed by atoms with Crippen molar-refractivity contribution < 1.29 is 28.6 Å². The highest BCUT2D eigenvalue weighted by atomic mass is 16.6. The predicted molar refractivity (Wildman–Crippen MR) is 252 cm³/mol. The van der Waals surface area contributed by atoms with Gasteiger partial charge in [-0.05, 0) is 37.0 Å². The summed E-state index contributed by atoms with van der Waals surface area (Å²) in [6.07, 6.45) is 44.1. The summed E-state index contributed by atoms with van der Waals surface area (Å²) in [6, 6.07) is 0. The van der Waals surface area contributed by atoms with E-state index in [0.717, 1.165) is 75.5 Å². The van der Waals surface area contributed by atoms with E-state index in [2.05, 4.69) is 41.5 Å². The molecule has 0 N–H and O–H groups in total. The molecule has 0 aromatic carbocycles. The molecule has 0 bridgehead atoms. The zero-order valence-electron chi connectivity index (χ0n) is 40.5. The van der Waals surface area contributed by atoms with Gasteiger partial charge >= 0.3 is 17.9 Å². The molecule has 0 spiro atoms. The highest BCUT2D eigenvalue weighted by Gasteiger charge is 2.19. The zero-order valence-corrected chi connectivity index (χ0v) is 40.5. The van der Waals surface area contributed by atoms with Crippen LogP contribution < -0.4 is 0 Å². The van der Waals surface area contributed by atoms with Crippen molar-refractivity contribution >= 4 is 17.9 Å². The van der Waals surface area contributed by atoms with Crippen LogP contribution in [0, 0.1) is 17.8 Å². The Bertz CT molecular complexity index is 916. The molecule has 0 aromatic rings. The van der Waals surface area contributed by atoms with Crippen LogP contribution >= 0.6 is 0 Å². The predicted octanol–water partition coefficient (Wildman–Crippen LogP) is 16.8. The molecular weight excluding hydrogens is 733 g/mol. The third-order valence-corrected chi connectivity index (χ3v) is 12.3. The van der Waals surface area contributed by atoms with E-state index in [1.165, 1.54) is 167 Å². The third kappa shape index (κ3) is 45.8. The molecule has 0 saturated heterocycles. The minimum atomic E-state index is -0.763. The van der Waals surface area contributed by atoms with Gasteiger partial charge in [0.15, 0.2) is 6.10 Å². The Morgan fingerprint density at radius 1 is 0.339 bits per heavy atom. The lowest BCUT2D eigenvalue weighted by Gasteiger charge is -2.18. The largest absolute Gasteiger partial charge is 0.462 e. The van der Waals surface area contributed by atoms with Crippen LogP contribution in [0.5, 0.6) is 0 Å². The van der Waals surface area contributed by atoms with Crippen LogP contribution in [0.25, 0.3) is 0 Å². The molecule has 0 aliphatic carbocycles. The number of ether oxygens (including phenoxy) is 3. The highest BCUT2D eigenvalue weighted by Crippen LogP contribution is 2.18. The summed E-state index contributed by atoms with van der Waals surface area (Å²) in [5, 5.41) is 0. The lowest BCUT2D eigenvalue weighted by atomic mass is 9.99. The monoisotopic (exact) mass is 835 g/mol. The van der Waals surface area contributed by atoms with Gasteiger partial charge in [-0.3, -0.25) is 14.4 Å². The lowest BCUT2D eigenvalue weighted by Crippen LogP contribution is -2.30. The van der Waals surface area contributed by atoms with E-state index < -0.39 is 6.10 Å². The summed E-state index contributed by atoms with van der Waals surface area (Å²) in [7, 11) is 0. The summed E-state index contributed by atoms with van der Waals surface area (Å²) in [5.74, 6) is 1.59. The summed E-state index contributed by atoms with van der Waals surface area (Å²) < 4.78 is 16.7. The topological polar surface area (TPSA) is 78.9 Å². The number of carbonyl (C=O) groups is 3. The van der Waals surface area contributed by atoms with E-state index in [0.29, 0.717) is 19.3 Å². The number of hydrogen-bond donors (Lipinski definition) is 0. The van der Waals surface area contributed by atoms with Crippen molar-refractivity contribution in [1.82, 2.24) is 0 Å². The molecule has 0 aliphatic rings. The summed E-state index contributed by atoms with van der Waals surface area (Å²) in [6.45, 7) is 13.6. The number of rotatable bonds is 46. The second-order valence-electron chi connectivity index (χ2n) is 19.4. The molecule has 0 aliphatic heterocycles. The van der Waals surface area contributed by atoms with Crippen LogP contribution in [0.15, 0.2) is 0 Å². The molecule has 6 nitrogen and oxygen atoms in total. The highest BCUT2D eigenvalue weighted by molar-refractivity contribution is 5.71. The van der Waals surface area contributed by atoms with Gasteiger partial charge in [0.2, 0.25) is 0 Å². The molecule has 2 atom stereocenters. The number of unbranched alkanes of at least 4 members (excludes halogenated alkanes) is 28. The van der Waals surface area contributed by atoms with Gasteiger partial charge in [-0.1, -0.05) is 247 Å². The molecule has 0 saturated carbocycles. The number of hydrogen-bond acceptors (Lipinski definition) is 6. The van der Waals surface area contributed by atoms with Gasteiger partial charge in [0.1, 0.15) is 13.2 Å². The average molecular weight is 835 g/mol. The molecule has 59 heavy (non-hydrogen) atoms. The summed E-state index contributed by atoms with van der Waals surface area (Å²) in [4.78, 5) is 37.8. The second kappa shape index (κ2) is 44.5. The first-order valence-corrected chi connectivity index (χ1v) is 26.1. The van der Waals surface area contributed by atoms with E-state index in [-0.39, 0.29) is 31.1 Å². The van der Waals surface area contributed by atoms with E-state index >= 15 is 0 Å². The minimum Gasteiger partial charge on any atom is -0.462 e. The molecule has 0 aromatic heterocycles. The van der Waals surface area contributed by atoms with Gasteiger partial charge < -0.3 is 14.2 Å². The first-order chi connectivity index (χ1) is 28.6. The van der Waals surface area contributed by atoms with Gasteiger partial charge in [0, 0.05) is 19.3 Å². The number of esters is 3. The van der Waals surface area contributed by atoms with Crippen LogP contribution in [-0.2, 0) is 28.6 Å². The SMILES string of the molecule is CCC(C)CCCCCCCCCCCCCCCCCCCCC(=O)OC[C@@H](COC(=O)CCCCCCCCCC(C)C)OC(=O)CCCCCCCCC(C)C. The molecule has 0 fully saturated rings. The van der Waals surface area contributed by atoms with Crippen molar-refractivity contribution in [2.75, 3.05) is 13.2 Å². The Kier molecular flexibility index (Phi) is 43.3. The van der Waals surface area contributed by atoms with Crippen molar-refractivity contribution in [3.05, 3.63) is 0 Å². The van der Waals surface area contributed by atoms with Crippen molar-refractivity contribution in [3.63, 3.8) is 0 Å². The van der Waals surface area contributed by atoms with Crippen LogP contribution in [0.3, 0.4) is 0 Å². The maximum atomic E-state index is 12.7. The van der Waals surface area contributed by atoms with Crippen molar-refractivity contribution in [1.29, 1.82) is 0 Å². The van der Waals surface area contributed by atoms with Gasteiger partial charge in [-0.2, -0.15) is 0 Å². The van der Waals surface area contributed by atoms with Crippen LogP contribution in [0.4, 0.5) is 0 Å². The van der Waals surface area contributed by atoms with Gasteiger partial charge in [-0.15, -0.1) is 0 Å². The molecule has 0 amide bonds. The summed E-state index contributed by atoms with van der Waals surface area (Å²) >= 11 is 0. The Morgan fingerprint density at radius 2 is 0.593 bits per heavy atom. The molecule has 350 valence electrons. The van der Waals surface area contributed by atoms with Crippen LogP contribution in [0.2, 0.25) is 0 Å². The first-order valence-electron chi connectivity index (χ1n) is 26.1. The standard InChI is InChI=1S/C53H102O6/c1-7-49(6)41-35-29-22-18-16-14-12-10-8-9-11-13-15-17-19-23-30-36-42-51(54)57-45-50(59-53(56)44-38-32-26-25-28-34-40-48(4)5)46-58-52(55)43-37-31-24-20-21-27-33-39-47(2)3/h47-50H,7-46H2,1-6H3/t49?,50-/m0/s1. The van der Waals surface area contributed by atoms with Crippen LogP contribution in [-0.4, -0.2) is 37.2 Å². The Morgan fingerprint density at radius 3 is 0.881 bits per heavy atom. The molecular formula is C53H102O6. The molecule has 6 heteroatoms. The fourth-order valence-electron chi connectivity index (χ4n) is 7.91. The minimum absolute atomic E-state index is 0.0662. The Balaban J connectivity index is 4.13. The normalized spacial score (nSPS) is 12.6. The fourth-order valence-corrected chi connectivity index (χ4v) is 7.91. The molecule has 0 radical (unpaired) electrons.